The lowest BCUT2D eigenvalue weighted by Gasteiger charge is -2.10. The number of halogens is 3. The SMILES string of the molecule is CN(C)Cc1c(Br)n(C)c2ccc(Br)c(Br)c12. The highest BCUT2D eigenvalue weighted by atomic mass is 79.9. The van der Waals surface area contributed by atoms with Crippen LogP contribution in [0.5, 0.6) is 0 Å². The standard InChI is InChI=1S/C12H13Br3N2/c1-16(2)6-7-10-9(17(3)12(7)15)5-4-8(13)11(10)14/h4-5H,6H2,1-3H3. The average molecular weight is 425 g/mol. The molecule has 2 nitrogen and oxygen atoms in total. The van der Waals surface area contributed by atoms with Gasteiger partial charge in [0.25, 0.3) is 0 Å². The number of hydrogen-bond donors (Lipinski definition) is 0. The van der Waals surface area contributed by atoms with Crippen LogP contribution in [-0.2, 0) is 13.6 Å². The third-order valence-electron chi connectivity index (χ3n) is 2.75. The van der Waals surface area contributed by atoms with Gasteiger partial charge in [-0.2, -0.15) is 0 Å². The third kappa shape index (κ3) is 2.35. The highest BCUT2D eigenvalue weighted by molar-refractivity contribution is 9.13. The van der Waals surface area contributed by atoms with Crippen LogP contribution in [0.2, 0.25) is 0 Å². The predicted octanol–water partition coefficient (Wildman–Crippen LogP) is 4.53. The molecule has 0 aliphatic heterocycles. The number of benzene rings is 1. The molecule has 0 aliphatic rings. The summed E-state index contributed by atoms with van der Waals surface area (Å²) in [5.74, 6) is 0. The number of fused-ring (bicyclic) bond motifs is 1. The molecule has 17 heavy (non-hydrogen) atoms. The van der Waals surface area contributed by atoms with Gasteiger partial charge in [0.1, 0.15) is 0 Å². The highest BCUT2D eigenvalue weighted by Gasteiger charge is 2.17. The zero-order valence-corrected chi connectivity index (χ0v) is 14.6. The molecule has 0 atom stereocenters. The summed E-state index contributed by atoms with van der Waals surface area (Å²) in [6.07, 6.45) is 0. The molecule has 0 unspecified atom stereocenters. The van der Waals surface area contributed by atoms with E-state index in [2.05, 4.69) is 90.5 Å². The van der Waals surface area contributed by atoms with Gasteiger partial charge in [-0.1, -0.05) is 0 Å². The molecule has 1 heterocycles. The van der Waals surface area contributed by atoms with Gasteiger partial charge in [-0.3, -0.25) is 0 Å². The second-order valence-corrected chi connectivity index (χ2v) is 6.72. The van der Waals surface area contributed by atoms with Gasteiger partial charge in [0.05, 0.1) is 10.1 Å². The van der Waals surface area contributed by atoms with Gasteiger partial charge in [0.2, 0.25) is 0 Å². The molecule has 2 aromatic rings. The number of rotatable bonds is 2. The van der Waals surface area contributed by atoms with Crippen molar-refractivity contribution in [3.05, 3.63) is 31.2 Å². The summed E-state index contributed by atoms with van der Waals surface area (Å²) in [5.41, 5.74) is 2.53. The Morgan fingerprint density at radius 2 is 1.82 bits per heavy atom. The van der Waals surface area contributed by atoms with E-state index < -0.39 is 0 Å². The fourth-order valence-electron chi connectivity index (χ4n) is 1.98. The first-order valence-electron chi connectivity index (χ1n) is 5.19. The van der Waals surface area contributed by atoms with Crippen molar-refractivity contribution >= 4 is 58.7 Å². The highest BCUT2D eigenvalue weighted by Crippen LogP contribution is 2.38. The Morgan fingerprint density at radius 3 is 2.41 bits per heavy atom. The lowest BCUT2D eigenvalue weighted by Crippen LogP contribution is -2.10. The molecule has 1 aromatic heterocycles. The van der Waals surface area contributed by atoms with Crippen molar-refractivity contribution in [3.8, 4) is 0 Å². The van der Waals surface area contributed by atoms with Gasteiger partial charge in [0.15, 0.2) is 0 Å². The molecule has 0 bridgehead atoms. The van der Waals surface area contributed by atoms with Crippen molar-refractivity contribution in [3.63, 3.8) is 0 Å². The molecule has 0 radical (unpaired) electrons. The monoisotopic (exact) mass is 422 g/mol. The van der Waals surface area contributed by atoms with E-state index in [9.17, 15) is 0 Å². The zero-order chi connectivity index (χ0) is 12.7. The van der Waals surface area contributed by atoms with Crippen LogP contribution >= 0.6 is 47.8 Å². The van der Waals surface area contributed by atoms with Crippen molar-refractivity contribution in [2.24, 2.45) is 7.05 Å². The van der Waals surface area contributed by atoms with Crippen LogP contribution in [0.3, 0.4) is 0 Å². The van der Waals surface area contributed by atoms with Crippen molar-refractivity contribution in [1.82, 2.24) is 9.47 Å². The number of hydrogen-bond acceptors (Lipinski definition) is 1. The van der Waals surface area contributed by atoms with Gasteiger partial charge in [-0.05, 0) is 74.0 Å². The molecule has 0 saturated heterocycles. The summed E-state index contributed by atoms with van der Waals surface area (Å²) in [6.45, 7) is 0.910. The minimum absolute atomic E-state index is 0.910. The average Bonchev–Trinajstić information content (AvgIpc) is 2.49. The van der Waals surface area contributed by atoms with E-state index in [1.165, 1.54) is 16.5 Å². The normalized spacial score (nSPS) is 11.7. The molecule has 0 aliphatic carbocycles. The first-order valence-corrected chi connectivity index (χ1v) is 7.57. The fraction of sp³-hybridized carbons (Fsp3) is 0.333. The maximum atomic E-state index is 3.68. The lowest BCUT2D eigenvalue weighted by molar-refractivity contribution is 0.402. The quantitative estimate of drug-likeness (QED) is 0.687. The van der Waals surface area contributed by atoms with E-state index in [1.807, 2.05) is 0 Å². The summed E-state index contributed by atoms with van der Waals surface area (Å²) in [4.78, 5) is 2.17. The molecular weight excluding hydrogens is 412 g/mol. The van der Waals surface area contributed by atoms with Crippen molar-refractivity contribution in [2.75, 3.05) is 14.1 Å². The van der Waals surface area contributed by atoms with Crippen molar-refractivity contribution in [2.45, 2.75) is 6.54 Å². The summed E-state index contributed by atoms with van der Waals surface area (Å²) in [5, 5.41) is 1.27. The van der Waals surface area contributed by atoms with Crippen LogP contribution in [0.15, 0.2) is 25.7 Å². The van der Waals surface area contributed by atoms with Crippen LogP contribution in [-0.4, -0.2) is 23.6 Å². The number of nitrogens with zero attached hydrogens (tertiary/aromatic N) is 2. The van der Waals surface area contributed by atoms with Gasteiger partial charge in [-0.25, -0.2) is 0 Å². The molecule has 0 N–H and O–H groups in total. The Labute approximate surface area is 126 Å². The van der Waals surface area contributed by atoms with E-state index in [1.54, 1.807) is 0 Å². The molecular formula is C12H13Br3N2. The molecule has 5 heteroatoms. The number of aromatic nitrogens is 1. The van der Waals surface area contributed by atoms with Gasteiger partial charge >= 0.3 is 0 Å². The molecule has 0 spiro atoms. The van der Waals surface area contributed by atoms with Gasteiger partial charge < -0.3 is 9.47 Å². The van der Waals surface area contributed by atoms with E-state index in [4.69, 9.17) is 0 Å². The topological polar surface area (TPSA) is 8.17 Å². The van der Waals surface area contributed by atoms with E-state index >= 15 is 0 Å². The molecule has 1 aromatic carbocycles. The Kier molecular flexibility index (Phi) is 4.02. The Bertz CT molecular complexity index is 573. The third-order valence-corrected chi connectivity index (χ3v) is 5.78. The second kappa shape index (κ2) is 5.03. The largest absolute Gasteiger partial charge is 0.338 e. The summed E-state index contributed by atoms with van der Waals surface area (Å²) in [6, 6.07) is 4.20. The second-order valence-electron chi connectivity index (χ2n) is 4.32. The van der Waals surface area contributed by atoms with Crippen LogP contribution in [0, 0.1) is 0 Å². The van der Waals surface area contributed by atoms with Gasteiger partial charge in [-0.15, -0.1) is 0 Å². The van der Waals surface area contributed by atoms with E-state index in [0.29, 0.717) is 0 Å². The summed E-state index contributed by atoms with van der Waals surface area (Å²) < 4.78 is 5.52. The van der Waals surface area contributed by atoms with Crippen LogP contribution in [0.1, 0.15) is 5.56 Å². The lowest BCUT2D eigenvalue weighted by atomic mass is 10.2. The molecule has 92 valence electrons. The molecule has 0 saturated carbocycles. The van der Waals surface area contributed by atoms with E-state index in [0.717, 1.165) is 20.1 Å². The molecule has 0 amide bonds. The Hall–Kier alpha value is 0.160. The maximum absolute atomic E-state index is 3.68. The summed E-state index contributed by atoms with van der Waals surface area (Å²) in [7, 11) is 6.24. The minimum atomic E-state index is 0.910. The molecule has 2 rings (SSSR count). The summed E-state index contributed by atoms with van der Waals surface area (Å²) >= 11 is 10.9. The van der Waals surface area contributed by atoms with Crippen molar-refractivity contribution in [1.29, 1.82) is 0 Å². The van der Waals surface area contributed by atoms with Crippen molar-refractivity contribution < 1.29 is 0 Å². The first-order chi connectivity index (χ1) is 7.93. The van der Waals surface area contributed by atoms with Gasteiger partial charge in [0, 0.05) is 33.5 Å². The van der Waals surface area contributed by atoms with E-state index in [-0.39, 0.29) is 0 Å². The first kappa shape index (κ1) is 13.6. The molecule has 0 fully saturated rings. The van der Waals surface area contributed by atoms with Crippen LogP contribution in [0.25, 0.3) is 10.9 Å². The Morgan fingerprint density at radius 1 is 1.18 bits per heavy atom. The van der Waals surface area contributed by atoms with Crippen LogP contribution in [0.4, 0.5) is 0 Å². The maximum Gasteiger partial charge on any atom is 0.0900 e. The smallest absolute Gasteiger partial charge is 0.0900 e. The van der Waals surface area contributed by atoms with Crippen LogP contribution < -0.4 is 0 Å². The fourth-order valence-corrected chi connectivity index (χ4v) is 3.40. The zero-order valence-electron chi connectivity index (χ0n) is 9.89. The Balaban J connectivity index is 2.81. The minimum Gasteiger partial charge on any atom is -0.338 e. The number of aryl methyl sites for hydroxylation is 1. The predicted molar refractivity (Wildman–Crippen MR) is 83.4 cm³/mol.